The summed E-state index contributed by atoms with van der Waals surface area (Å²) in [6.45, 7) is 1.11. The van der Waals surface area contributed by atoms with E-state index in [1.54, 1.807) is 19.5 Å². The second-order valence-electron chi connectivity index (χ2n) is 5.05. The van der Waals surface area contributed by atoms with Gasteiger partial charge in [-0.1, -0.05) is 24.3 Å². The van der Waals surface area contributed by atoms with Crippen LogP contribution in [0.5, 0.6) is 0 Å². The second kappa shape index (κ2) is 5.31. The molecule has 0 unspecified atom stereocenters. The minimum Gasteiger partial charge on any atom is -0.381 e. The number of hydrogen-bond acceptors (Lipinski definition) is 4. The maximum Gasteiger partial charge on any atom is 0.196 e. The van der Waals surface area contributed by atoms with Crippen LogP contribution < -0.4 is 0 Å². The van der Waals surface area contributed by atoms with Gasteiger partial charge in [0.1, 0.15) is 5.60 Å². The largest absolute Gasteiger partial charge is 0.381 e. The minimum absolute atomic E-state index is 0.00704. The second-order valence-corrected chi connectivity index (χ2v) is 5.05. The summed E-state index contributed by atoms with van der Waals surface area (Å²) in [5, 5.41) is 1.90. The summed E-state index contributed by atoms with van der Waals surface area (Å²) in [5.74, 6) is 0.00704. The van der Waals surface area contributed by atoms with E-state index in [1.165, 1.54) is 0 Å². The highest BCUT2D eigenvalue weighted by molar-refractivity contribution is 6.11. The maximum atomic E-state index is 12.9. The van der Waals surface area contributed by atoms with Gasteiger partial charge in [0.25, 0.3) is 0 Å². The van der Waals surface area contributed by atoms with Crippen molar-refractivity contribution in [2.45, 2.75) is 18.4 Å². The number of fused-ring (bicyclic) bond motifs is 1. The number of benzene rings is 1. The molecule has 4 nitrogen and oxygen atoms in total. The Kier molecular flexibility index (Phi) is 3.51. The number of methoxy groups -OCH3 is 1. The number of rotatable bonds is 3. The van der Waals surface area contributed by atoms with Gasteiger partial charge < -0.3 is 9.47 Å². The number of nitrogens with zero attached hydrogens (tertiary/aromatic N) is 1. The van der Waals surface area contributed by atoms with Gasteiger partial charge >= 0.3 is 0 Å². The Morgan fingerprint density at radius 3 is 2.75 bits per heavy atom. The minimum atomic E-state index is -0.774. The third-order valence-corrected chi connectivity index (χ3v) is 4.02. The van der Waals surface area contributed by atoms with Gasteiger partial charge in [0.2, 0.25) is 0 Å². The molecule has 3 rings (SSSR count). The van der Waals surface area contributed by atoms with Gasteiger partial charge in [-0.25, -0.2) is 0 Å². The third kappa shape index (κ3) is 2.11. The highest BCUT2D eigenvalue weighted by Crippen LogP contribution is 2.31. The van der Waals surface area contributed by atoms with Crippen LogP contribution in [0, 0.1) is 0 Å². The Morgan fingerprint density at radius 2 is 2.00 bits per heavy atom. The summed E-state index contributed by atoms with van der Waals surface area (Å²) in [5.41, 5.74) is -0.142. The van der Waals surface area contributed by atoms with Gasteiger partial charge in [-0.05, 0) is 5.39 Å². The van der Waals surface area contributed by atoms with Crippen molar-refractivity contribution in [3.05, 3.63) is 42.2 Å². The molecule has 1 aromatic heterocycles. The first-order chi connectivity index (χ1) is 9.77. The van der Waals surface area contributed by atoms with E-state index in [0.717, 1.165) is 10.8 Å². The van der Waals surface area contributed by atoms with Crippen LogP contribution in [0.1, 0.15) is 23.2 Å². The fourth-order valence-corrected chi connectivity index (χ4v) is 2.77. The number of ether oxygens (including phenoxy) is 2. The molecule has 4 heteroatoms. The zero-order chi connectivity index (χ0) is 14.0. The Balaban J connectivity index is 2.08. The lowest BCUT2D eigenvalue weighted by Gasteiger charge is -2.34. The average Bonchev–Trinajstić information content (AvgIpc) is 2.54. The Morgan fingerprint density at radius 1 is 1.25 bits per heavy atom. The third-order valence-electron chi connectivity index (χ3n) is 4.02. The molecular weight excluding hydrogens is 254 g/mol. The van der Waals surface area contributed by atoms with Crippen molar-refractivity contribution < 1.29 is 14.3 Å². The lowest BCUT2D eigenvalue weighted by Crippen LogP contribution is -2.45. The van der Waals surface area contributed by atoms with Gasteiger partial charge in [0.15, 0.2) is 5.78 Å². The van der Waals surface area contributed by atoms with Crippen LogP contribution in [0.4, 0.5) is 0 Å². The summed E-state index contributed by atoms with van der Waals surface area (Å²) in [7, 11) is 1.60. The van der Waals surface area contributed by atoms with Gasteiger partial charge in [0.05, 0.1) is 0 Å². The van der Waals surface area contributed by atoms with E-state index in [9.17, 15) is 4.79 Å². The fourth-order valence-electron chi connectivity index (χ4n) is 2.77. The first kappa shape index (κ1) is 13.2. The number of carbonyl (C=O) groups excluding carboxylic acids is 1. The van der Waals surface area contributed by atoms with Crippen molar-refractivity contribution >= 4 is 16.6 Å². The van der Waals surface area contributed by atoms with Crippen molar-refractivity contribution in [1.29, 1.82) is 0 Å². The summed E-state index contributed by atoms with van der Waals surface area (Å²) >= 11 is 0. The molecule has 0 aliphatic carbocycles. The summed E-state index contributed by atoms with van der Waals surface area (Å²) in [4.78, 5) is 17.1. The molecule has 20 heavy (non-hydrogen) atoms. The van der Waals surface area contributed by atoms with E-state index < -0.39 is 5.60 Å². The molecule has 1 fully saturated rings. The topological polar surface area (TPSA) is 48.4 Å². The Labute approximate surface area is 117 Å². The predicted molar refractivity (Wildman–Crippen MR) is 75.9 cm³/mol. The van der Waals surface area contributed by atoms with Gasteiger partial charge in [-0.2, -0.15) is 0 Å². The van der Waals surface area contributed by atoms with E-state index >= 15 is 0 Å². The molecule has 1 aromatic carbocycles. The summed E-state index contributed by atoms with van der Waals surface area (Å²) < 4.78 is 10.9. The van der Waals surface area contributed by atoms with Crippen molar-refractivity contribution in [1.82, 2.24) is 4.98 Å². The summed E-state index contributed by atoms with van der Waals surface area (Å²) in [6.07, 6.45) is 4.59. The zero-order valence-electron chi connectivity index (χ0n) is 11.5. The molecule has 0 N–H and O–H groups in total. The average molecular weight is 271 g/mol. The normalized spacial score (nSPS) is 18.1. The lowest BCUT2D eigenvalue weighted by atomic mass is 9.85. The van der Waals surface area contributed by atoms with E-state index in [4.69, 9.17) is 9.47 Å². The van der Waals surface area contributed by atoms with Crippen LogP contribution in [0.2, 0.25) is 0 Å². The van der Waals surface area contributed by atoms with Crippen molar-refractivity contribution in [3.8, 4) is 0 Å². The number of aromatic nitrogens is 1. The molecule has 0 atom stereocenters. The lowest BCUT2D eigenvalue weighted by molar-refractivity contribution is -0.0662. The first-order valence-corrected chi connectivity index (χ1v) is 6.77. The Bertz CT molecular complexity index is 627. The van der Waals surface area contributed by atoms with Gasteiger partial charge in [-0.3, -0.25) is 9.78 Å². The summed E-state index contributed by atoms with van der Waals surface area (Å²) in [6, 6.07) is 7.79. The molecule has 0 amide bonds. The molecule has 2 heterocycles. The van der Waals surface area contributed by atoms with Gasteiger partial charge in [-0.15, -0.1) is 0 Å². The number of carbonyl (C=O) groups is 1. The van der Waals surface area contributed by atoms with Crippen LogP contribution >= 0.6 is 0 Å². The van der Waals surface area contributed by atoms with Gasteiger partial charge in [0, 0.05) is 56.5 Å². The molecule has 2 aromatic rings. The Hall–Kier alpha value is -1.78. The highest BCUT2D eigenvalue weighted by atomic mass is 16.5. The smallest absolute Gasteiger partial charge is 0.196 e. The van der Waals surface area contributed by atoms with Crippen LogP contribution in [-0.2, 0) is 9.47 Å². The zero-order valence-corrected chi connectivity index (χ0v) is 11.5. The maximum absolute atomic E-state index is 12.9. The van der Waals surface area contributed by atoms with Crippen molar-refractivity contribution in [2.24, 2.45) is 0 Å². The van der Waals surface area contributed by atoms with E-state index in [-0.39, 0.29) is 5.78 Å². The molecule has 0 spiro atoms. The molecule has 0 bridgehead atoms. The van der Waals surface area contributed by atoms with Crippen LogP contribution in [0.3, 0.4) is 0 Å². The molecular formula is C16H17NO3. The number of Topliss-reactive ketones (excluding diaryl/α,β-unsaturated/α-hetero) is 1. The SMILES string of the molecule is COC1(C(=O)c2cncc3ccccc23)CCOCC1. The van der Waals surface area contributed by atoms with E-state index in [0.29, 0.717) is 31.6 Å². The standard InChI is InChI=1S/C16H17NO3/c1-19-16(6-8-20-9-7-16)15(18)14-11-17-10-12-4-2-3-5-13(12)14/h2-5,10-11H,6-9H2,1H3. The van der Waals surface area contributed by atoms with Crippen LogP contribution in [0.25, 0.3) is 10.8 Å². The van der Waals surface area contributed by atoms with Crippen LogP contribution in [-0.4, -0.2) is 36.7 Å². The van der Waals surface area contributed by atoms with Crippen molar-refractivity contribution in [3.63, 3.8) is 0 Å². The molecule has 104 valence electrons. The molecule has 1 aliphatic rings. The molecule has 1 saturated heterocycles. The number of ketones is 1. The quantitative estimate of drug-likeness (QED) is 0.805. The fraction of sp³-hybridized carbons (Fsp3) is 0.375. The highest BCUT2D eigenvalue weighted by Gasteiger charge is 2.41. The number of hydrogen-bond donors (Lipinski definition) is 0. The van der Waals surface area contributed by atoms with Crippen molar-refractivity contribution in [2.75, 3.05) is 20.3 Å². The van der Waals surface area contributed by atoms with E-state index in [1.807, 2.05) is 24.3 Å². The molecule has 0 radical (unpaired) electrons. The van der Waals surface area contributed by atoms with E-state index in [2.05, 4.69) is 4.98 Å². The number of pyridine rings is 1. The predicted octanol–water partition coefficient (Wildman–Crippen LogP) is 2.61. The monoisotopic (exact) mass is 271 g/mol. The molecule has 0 saturated carbocycles. The molecule has 1 aliphatic heterocycles. The van der Waals surface area contributed by atoms with Crippen LogP contribution in [0.15, 0.2) is 36.7 Å². The first-order valence-electron chi connectivity index (χ1n) is 6.77.